The highest BCUT2D eigenvalue weighted by Crippen LogP contribution is 2.38. The molecule has 2 aliphatic rings. The smallest absolute Gasteiger partial charge is 0.404 e. The van der Waals surface area contributed by atoms with Gasteiger partial charge in [0.05, 0.1) is 6.04 Å². The van der Waals surface area contributed by atoms with Crippen molar-refractivity contribution in [3.8, 4) is 5.75 Å². The molecule has 1 atom stereocenters. The van der Waals surface area contributed by atoms with Crippen LogP contribution < -0.4 is 4.52 Å². The van der Waals surface area contributed by atoms with Crippen LogP contribution in [-0.4, -0.2) is 51.2 Å². The predicted octanol–water partition coefficient (Wildman–Crippen LogP) is 3.28. The van der Waals surface area contributed by atoms with Gasteiger partial charge in [-0.15, -0.1) is 0 Å². The Morgan fingerprint density at radius 3 is 2.23 bits per heavy atom. The van der Waals surface area contributed by atoms with E-state index >= 15 is 0 Å². The number of hydrogen-bond acceptors (Lipinski definition) is 4. The number of phosphoric acid groups is 1. The van der Waals surface area contributed by atoms with E-state index in [1.165, 1.54) is 12.1 Å². The van der Waals surface area contributed by atoms with E-state index in [1.807, 2.05) is 17.0 Å². The molecule has 0 aromatic heterocycles. The lowest BCUT2D eigenvalue weighted by Crippen LogP contribution is -2.45. The number of carbonyl (C=O) groups excluding carboxylic acids is 1. The number of nitrogens with zero attached hydrogens (tertiary/aromatic N) is 2. The topological polar surface area (TPSA) is 90.3 Å². The molecule has 2 N–H and O–H groups in total. The Bertz CT molecular complexity index is 955. The number of amides is 1. The van der Waals surface area contributed by atoms with Gasteiger partial charge in [-0.1, -0.05) is 24.3 Å². The van der Waals surface area contributed by atoms with E-state index in [0.29, 0.717) is 19.0 Å². The van der Waals surface area contributed by atoms with Gasteiger partial charge in [-0.2, -0.15) is 0 Å². The Kier molecular flexibility index (Phi) is 6.44. The number of benzene rings is 2. The quantitative estimate of drug-likeness (QED) is 0.660. The van der Waals surface area contributed by atoms with Crippen molar-refractivity contribution in [2.75, 3.05) is 19.6 Å². The molecule has 4 rings (SSSR count). The number of phosphoric ester groups is 1. The van der Waals surface area contributed by atoms with Gasteiger partial charge in [0.25, 0.3) is 0 Å². The third kappa shape index (κ3) is 5.52. The maximum absolute atomic E-state index is 13.1. The van der Waals surface area contributed by atoms with E-state index in [9.17, 15) is 13.8 Å². The van der Waals surface area contributed by atoms with Crippen molar-refractivity contribution in [1.82, 2.24) is 9.80 Å². The van der Waals surface area contributed by atoms with Gasteiger partial charge in [0.2, 0.25) is 5.91 Å². The van der Waals surface area contributed by atoms with E-state index in [0.717, 1.165) is 43.5 Å². The standard InChI is InChI=1S/C22H26FN2O5P/c23-19-5-1-16(2-6-19)15-25-14-11-21(22(25)26)24-12-9-18(10-13-24)17-3-7-20(8-4-17)30-31(27,28)29/h1-8,18,21H,9-15H2,(H2,27,28,29)/t21-/m1/s1. The van der Waals surface area contributed by atoms with Gasteiger partial charge in [0, 0.05) is 13.1 Å². The molecule has 0 spiro atoms. The molecule has 2 aliphatic heterocycles. The third-order valence-corrected chi connectivity index (χ3v) is 6.55. The zero-order chi connectivity index (χ0) is 22.0. The van der Waals surface area contributed by atoms with E-state index < -0.39 is 7.82 Å². The van der Waals surface area contributed by atoms with Crippen LogP contribution in [0.5, 0.6) is 5.75 Å². The molecule has 2 fully saturated rings. The summed E-state index contributed by atoms with van der Waals surface area (Å²) >= 11 is 0. The van der Waals surface area contributed by atoms with Gasteiger partial charge in [0.1, 0.15) is 11.6 Å². The summed E-state index contributed by atoms with van der Waals surface area (Å²) in [4.78, 5) is 34.8. The molecule has 166 valence electrons. The Morgan fingerprint density at radius 1 is 0.968 bits per heavy atom. The summed E-state index contributed by atoms with van der Waals surface area (Å²) in [7, 11) is -4.55. The van der Waals surface area contributed by atoms with Gasteiger partial charge in [-0.25, -0.2) is 8.96 Å². The van der Waals surface area contributed by atoms with Crippen LogP contribution in [0.2, 0.25) is 0 Å². The lowest BCUT2D eigenvalue weighted by Gasteiger charge is -2.35. The molecule has 2 saturated heterocycles. The van der Waals surface area contributed by atoms with E-state index in [2.05, 4.69) is 9.42 Å². The first-order chi connectivity index (χ1) is 14.8. The number of piperidine rings is 1. The zero-order valence-electron chi connectivity index (χ0n) is 17.1. The number of rotatable bonds is 6. The minimum Gasteiger partial charge on any atom is -0.404 e. The molecule has 0 unspecified atom stereocenters. The summed E-state index contributed by atoms with van der Waals surface area (Å²) < 4.78 is 28.6. The average molecular weight is 448 g/mol. The van der Waals surface area contributed by atoms with Gasteiger partial charge >= 0.3 is 7.82 Å². The molecule has 0 bridgehead atoms. The van der Waals surface area contributed by atoms with Crippen molar-refractivity contribution in [3.63, 3.8) is 0 Å². The van der Waals surface area contributed by atoms with Crippen molar-refractivity contribution in [3.05, 3.63) is 65.5 Å². The first-order valence-corrected chi connectivity index (χ1v) is 11.9. The molecule has 31 heavy (non-hydrogen) atoms. The third-order valence-electron chi connectivity index (χ3n) is 6.10. The summed E-state index contributed by atoms with van der Waals surface area (Å²) in [6.45, 7) is 2.87. The van der Waals surface area contributed by atoms with Crippen LogP contribution >= 0.6 is 7.82 Å². The van der Waals surface area contributed by atoms with Crippen LogP contribution in [0.15, 0.2) is 48.5 Å². The summed E-state index contributed by atoms with van der Waals surface area (Å²) in [5, 5.41) is 0. The summed E-state index contributed by atoms with van der Waals surface area (Å²) in [6.07, 6.45) is 2.64. The van der Waals surface area contributed by atoms with Crippen molar-refractivity contribution in [2.24, 2.45) is 0 Å². The number of carbonyl (C=O) groups is 1. The molecule has 7 nitrogen and oxygen atoms in total. The Balaban J connectivity index is 1.30. The van der Waals surface area contributed by atoms with Gasteiger partial charge in [-0.05, 0) is 73.7 Å². The number of halogens is 1. The summed E-state index contributed by atoms with van der Waals surface area (Å²) in [6, 6.07) is 13.0. The Labute approximate surface area is 180 Å². The van der Waals surface area contributed by atoms with Gasteiger partial charge in [0.15, 0.2) is 0 Å². The van der Waals surface area contributed by atoms with Crippen LogP contribution in [0, 0.1) is 5.82 Å². The molecular formula is C22H26FN2O5P. The van der Waals surface area contributed by atoms with Crippen LogP contribution in [0.25, 0.3) is 0 Å². The molecule has 0 aliphatic carbocycles. The highest BCUT2D eigenvalue weighted by Gasteiger charge is 2.37. The first-order valence-electron chi connectivity index (χ1n) is 10.4. The fraction of sp³-hybridized carbons (Fsp3) is 0.409. The lowest BCUT2D eigenvalue weighted by molar-refractivity contribution is -0.133. The van der Waals surface area contributed by atoms with Gasteiger partial charge < -0.3 is 9.42 Å². The second-order valence-corrected chi connectivity index (χ2v) is 9.32. The van der Waals surface area contributed by atoms with E-state index in [1.54, 1.807) is 24.3 Å². The lowest BCUT2D eigenvalue weighted by atomic mass is 9.89. The second kappa shape index (κ2) is 9.09. The van der Waals surface area contributed by atoms with Crippen molar-refractivity contribution < 1.29 is 28.1 Å². The number of likely N-dealkylation sites (tertiary alicyclic amines) is 2. The average Bonchev–Trinajstić information content (AvgIpc) is 3.09. The molecule has 2 aromatic carbocycles. The molecule has 0 radical (unpaired) electrons. The van der Waals surface area contributed by atoms with Gasteiger partial charge in [-0.3, -0.25) is 19.5 Å². The first kappa shape index (κ1) is 22.0. The minimum atomic E-state index is -4.55. The highest BCUT2D eigenvalue weighted by molar-refractivity contribution is 7.46. The fourth-order valence-corrected chi connectivity index (χ4v) is 4.91. The van der Waals surface area contributed by atoms with Crippen LogP contribution in [0.3, 0.4) is 0 Å². The normalized spacial score (nSPS) is 20.9. The van der Waals surface area contributed by atoms with Crippen LogP contribution in [0.1, 0.15) is 36.3 Å². The minimum absolute atomic E-state index is 0.0968. The fourth-order valence-electron chi connectivity index (χ4n) is 4.51. The molecule has 2 aromatic rings. The molecular weight excluding hydrogens is 422 g/mol. The van der Waals surface area contributed by atoms with Crippen molar-refractivity contribution in [2.45, 2.75) is 37.8 Å². The summed E-state index contributed by atoms with van der Waals surface area (Å²) in [5.41, 5.74) is 2.04. The summed E-state index contributed by atoms with van der Waals surface area (Å²) in [5.74, 6) is 0.349. The Hall–Kier alpha value is -2.25. The second-order valence-electron chi connectivity index (χ2n) is 8.15. The van der Waals surface area contributed by atoms with Crippen molar-refractivity contribution in [1.29, 1.82) is 0 Å². The predicted molar refractivity (Wildman–Crippen MR) is 113 cm³/mol. The maximum atomic E-state index is 13.1. The van der Waals surface area contributed by atoms with Crippen LogP contribution in [-0.2, 0) is 15.9 Å². The Morgan fingerprint density at radius 2 is 1.61 bits per heavy atom. The molecule has 9 heteroatoms. The highest BCUT2D eigenvalue weighted by atomic mass is 31.2. The largest absolute Gasteiger partial charge is 0.524 e. The van der Waals surface area contributed by atoms with E-state index in [4.69, 9.17) is 9.79 Å². The SMILES string of the molecule is O=C1[C@H](N2CCC(c3ccc(OP(=O)(O)O)cc3)CC2)CCN1Cc1ccc(F)cc1. The van der Waals surface area contributed by atoms with Crippen LogP contribution in [0.4, 0.5) is 4.39 Å². The van der Waals surface area contributed by atoms with Crippen molar-refractivity contribution >= 4 is 13.7 Å². The zero-order valence-corrected chi connectivity index (χ0v) is 18.0. The van der Waals surface area contributed by atoms with E-state index in [-0.39, 0.29) is 23.5 Å². The molecule has 1 amide bonds. The monoisotopic (exact) mass is 448 g/mol. The molecule has 0 saturated carbocycles. The number of hydrogen-bond donors (Lipinski definition) is 2. The molecule has 2 heterocycles. The maximum Gasteiger partial charge on any atom is 0.524 e.